The number of unbranched alkanes of at least 4 members (excludes halogenated alkanes) is 4. The minimum atomic E-state index is 0.144. The van der Waals surface area contributed by atoms with Gasteiger partial charge in [0.15, 0.2) is 0 Å². The van der Waals surface area contributed by atoms with Crippen LogP contribution in [0.15, 0.2) is 0 Å². The van der Waals surface area contributed by atoms with Gasteiger partial charge in [0.05, 0.1) is 0 Å². The molecule has 2 heteroatoms. The third-order valence-corrected chi connectivity index (χ3v) is 2.01. The zero-order valence-electron chi connectivity index (χ0n) is 8.77. The van der Waals surface area contributed by atoms with Gasteiger partial charge in [0.1, 0.15) is 0 Å². The van der Waals surface area contributed by atoms with E-state index in [1.54, 1.807) is 0 Å². The van der Waals surface area contributed by atoms with E-state index < -0.39 is 0 Å². The van der Waals surface area contributed by atoms with Crippen molar-refractivity contribution in [1.29, 1.82) is 0 Å². The molecule has 0 aromatic carbocycles. The van der Waals surface area contributed by atoms with E-state index in [9.17, 15) is 4.79 Å². The number of rotatable bonds is 8. The van der Waals surface area contributed by atoms with Gasteiger partial charge in [-0.25, -0.2) is 0 Å². The van der Waals surface area contributed by atoms with Crippen LogP contribution in [0.5, 0.6) is 0 Å². The molecule has 0 rings (SSSR count). The molecule has 0 bridgehead atoms. The predicted octanol–water partition coefficient (Wildman–Crippen LogP) is 2.69. The molecular weight excluding hydrogens is 162 g/mol. The molecule has 0 saturated carbocycles. The number of amides is 1. The molecule has 77 valence electrons. The van der Waals surface area contributed by atoms with Gasteiger partial charge in [-0.15, -0.1) is 0 Å². The second kappa shape index (κ2) is 9.56. The Labute approximate surface area is 82.1 Å². The van der Waals surface area contributed by atoms with E-state index >= 15 is 0 Å². The standard InChI is InChI=1S/C11H22NO/c1-3-5-6-7-8-10-12-11(13)9-4-2/h2-10H2,1H3,(H,12,13). The molecule has 13 heavy (non-hydrogen) atoms. The summed E-state index contributed by atoms with van der Waals surface area (Å²) in [6, 6.07) is 0. The van der Waals surface area contributed by atoms with Crippen LogP contribution < -0.4 is 5.32 Å². The molecule has 1 N–H and O–H groups in total. The molecule has 0 aliphatic carbocycles. The maximum atomic E-state index is 11.0. The number of hydrogen-bond donors (Lipinski definition) is 1. The van der Waals surface area contributed by atoms with E-state index in [-0.39, 0.29) is 5.91 Å². The number of hydrogen-bond acceptors (Lipinski definition) is 1. The summed E-state index contributed by atoms with van der Waals surface area (Å²) in [5.41, 5.74) is 0. The first-order valence-electron chi connectivity index (χ1n) is 5.37. The average Bonchev–Trinajstić information content (AvgIpc) is 2.11. The Balaban J connectivity index is 3.02. The van der Waals surface area contributed by atoms with E-state index in [1.165, 1.54) is 25.7 Å². The second-order valence-electron chi connectivity index (χ2n) is 3.37. The molecule has 0 aliphatic heterocycles. The highest BCUT2D eigenvalue weighted by molar-refractivity contribution is 5.75. The van der Waals surface area contributed by atoms with Gasteiger partial charge in [0.25, 0.3) is 0 Å². The number of nitrogens with one attached hydrogen (secondary N) is 1. The normalized spacial score (nSPS) is 10.0. The zero-order valence-corrected chi connectivity index (χ0v) is 8.77. The predicted molar refractivity (Wildman–Crippen MR) is 56.4 cm³/mol. The Morgan fingerprint density at radius 1 is 1.23 bits per heavy atom. The average molecular weight is 184 g/mol. The fraction of sp³-hybridized carbons (Fsp3) is 0.818. The lowest BCUT2D eigenvalue weighted by Gasteiger charge is -2.03. The van der Waals surface area contributed by atoms with Crippen LogP contribution in [-0.4, -0.2) is 12.5 Å². The van der Waals surface area contributed by atoms with Gasteiger partial charge in [-0.2, -0.15) is 0 Å². The monoisotopic (exact) mass is 184 g/mol. The van der Waals surface area contributed by atoms with Crippen LogP contribution in [0, 0.1) is 6.92 Å². The van der Waals surface area contributed by atoms with Gasteiger partial charge in [-0.3, -0.25) is 4.79 Å². The van der Waals surface area contributed by atoms with Crippen molar-refractivity contribution in [2.45, 2.75) is 51.9 Å². The molecule has 2 nitrogen and oxygen atoms in total. The highest BCUT2D eigenvalue weighted by Crippen LogP contribution is 2.01. The molecular formula is C11H22NO. The maximum Gasteiger partial charge on any atom is 0.219 e. The molecule has 0 saturated heterocycles. The smallest absolute Gasteiger partial charge is 0.219 e. The Morgan fingerprint density at radius 2 is 1.92 bits per heavy atom. The van der Waals surface area contributed by atoms with Crippen molar-refractivity contribution in [2.75, 3.05) is 6.54 Å². The fourth-order valence-corrected chi connectivity index (χ4v) is 1.21. The van der Waals surface area contributed by atoms with Gasteiger partial charge in [0, 0.05) is 13.0 Å². The molecule has 0 fully saturated rings. The summed E-state index contributed by atoms with van der Waals surface area (Å²) in [4.78, 5) is 11.0. The van der Waals surface area contributed by atoms with E-state index in [1.807, 2.05) is 0 Å². The molecule has 0 heterocycles. The van der Waals surface area contributed by atoms with Crippen molar-refractivity contribution in [3.05, 3.63) is 6.92 Å². The van der Waals surface area contributed by atoms with Crippen molar-refractivity contribution in [2.24, 2.45) is 0 Å². The van der Waals surface area contributed by atoms with Crippen LogP contribution in [0.2, 0.25) is 0 Å². The summed E-state index contributed by atoms with van der Waals surface area (Å²) in [6.45, 7) is 6.67. The molecule has 0 atom stereocenters. The summed E-state index contributed by atoms with van der Waals surface area (Å²) < 4.78 is 0. The van der Waals surface area contributed by atoms with Crippen molar-refractivity contribution in [1.82, 2.24) is 5.32 Å². The zero-order chi connectivity index (χ0) is 9.94. The Hall–Kier alpha value is -0.530. The molecule has 0 aromatic rings. The van der Waals surface area contributed by atoms with Crippen molar-refractivity contribution in [3.63, 3.8) is 0 Å². The Morgan fingerprint density at radius 3 is 2.54 bits per heavy atom. The highest BCUT2D eigenvalue weighted by atomic mass is 16.1. The van der Waals surface area contributed by atoms with Crippen LogP contribution in [-0.2, 0) is 4.79 Å². The molecule has 0 aromatic heterocycles. The lowest BCUT2D eigenvalue weighted by molar-refractivity contribution is -0.121. The minimum absolute atomic E-state index is 0.144. The highest BCUT2D eigenvalue weighted by Gasteiger charge is 1.96. The second-order valence-corrected chi connectivity index (χ2v) is 3.37. The van der Waals surface area contributed by atoms with Crippen LogP contribution >= 0.6 is 0 Å². The summed E-state index contributed by atoms with van der Waals surface area (Å²) in [6.07, 6.45) is 7.49. The Kier molecular flexibility index (Phi) is 9.17. The van der Waals surface area contributed by atoms with Crippen LogP contribution in [0.4, 0.5) is 0 Å². The molecule has 0 unspecified atom stereocenters. The number of carbonyl (C=O) groups is 1. The maximum absolute atomic E-state index is 11.0. The van der Waals surface area contributed by atoms with Crippen LogP contribution in [0.1, 0.15) is 51.9 Å². The topological polar surface area (TPSA) is 29.1 Å². The third-order valence-electron chi connectivity index (χ3n) is 2.01. The summed E-state index contributed by atoms with van der Waals surface area (Å²) >= 11 is 0. The van der Waals surface area contributed by atoms with E-state index in [4.69, 9.17) is 0 Å². The molecule has 1 radical (unpaired) electrons. The van der Waals surface area contributed by atoms with E-state index in [0.717, 1.165) is 13.0 Å². The molecule has 0 aliphatic rings. The molecule has 1 amide bonds. The Bertz CT molecular complexity index is 123. The van der Waals surface area contributed by atoms with Gasteiger partial charge >= 0.3 is 0 Å². The summed E-state index contributed by atoms with van der Waals surface area (Å²) in [5, 5.41) is 2.88. The lowest BCUT2D eigenvalue weighted by Crippen LogP contribution is -2.23. The first-order valence-corrected chi connectivity index (χ1v) is 5.37. The minimum Gasteiger partial charge on any atom is -0.356 e. The van der Waals surface area contributed by atoms with Crippen molar-refractivity contribution in [3.8, 4) is 0 Å². The summed E-state index contributed by atoms with van der Waals surface area (Å²) in [5.74, 6) is 0.144. The quantitative estimate of drug-likeness (QED) is 0.577. The van der Waals surface area contributed by atoms with Gasteiger partial charge in [-0.05, 0) is 12.8 Å². The largest absolute Gasteiger partial charge is 0.356 e. The number of carbonyl (C=O) groups excluding carboxylic acids is 1. The fourth-order valence-electron chi connectivity index (χ4n) is 1.21. The van der Waals surface area contributed by atoms with E-state index in [0.29, 0.717) is 12.8 Å². The first-order chi connectivity index (χ1) is 6.31. The van der Waals surface area contributed by atoms with Crippen LogP contribution in [0.3, 0.4) is 0 Å². The third kappa shape index (κ3) is 9.38. The molecule has 0 spiro atoms. The lowest BCUT2D eigenvalue weighted by atomic mass is 10.1. The van der Waals surface area contributed by atoms with Gasteiger partial charge in [-0.1, -0.05) is 39.5 Å². The van der Waals surface area contributed by atoms with E-state index in [2.05, 4.69) is 19.2 Å². The first kappa shape index (κ1) is 12.5. The van der Waals surface area contributed by atoms with Crippen molar-refractivity contribution < 1.29 is 4.79 Å². The SMILES string of the molecule is [CH2]CCC(=O)NCCCCCCC. The van der Waals surface area contributed by atoms with Gasteiger partial charge in [0.2, 0.25) is 5.91 Å². The summed E-state index contributed by atoms with van der Waals surface area (Å²) in [7, 11) is 0. The van der Waals surface area contributed by atoms with Crippen LogP contribution in [0.25, 0.3) is 0 Å². The van der Waals surface area contributed by atoms with Crippen molar-refractivity contribution >= 4 is 5.91 Å². The van der Waals surface area contributed by atoms with Gasteiger partial charge < -0.3 is 5.32 Å².